The fourth-order valence-corrected chi connectivity index (χ4v) is 4.60. The van der Waals surface area contributed by atoms with E-state index in [2.05, 4.69) is 43.3 Å². The fraction of sp³-hybridized carbons (Fsp3) is 0.227. The van der Waals surface area contributed by atoms with Gasteiger partial charge in [0.1, 0.15) is 0 Å². The first-order valence-corrected chi connectivity index (χ1v) is 12.2. The van der Waals surface area contributed by atoms with Gasteiger partial charge in [-0.3, -0.25) is 14.5 Å². The van der Waals surface area contributed by atoms with E-state index in [0.29, 0.717) is 33.0 Å². The summed E-state index contributed by atoms with van der Waals surface area (Å²) in [5.41, 5.74) is 1.52. The van der Waals surface area contributed by atoms with E-state index in [1.54, 1.807) is 18.2 Å². The third-order valence-electron chi connectivity index (χ3n) is 4.32. The smallest absolute Gasteiger partial charge is 0.343 e. The van der Waals surface area contributed by atoms with Gasteiger partial charge in [-0.05, 0) is 98.7 Å². The standard InChI is InChI=1S/C22H19BrINO6S/c1-3-30-17-9-14(8-16(23)20(17)31-12-19(26)29-2)10-18-21(27)25(22(28)32-18)11-13-4-6-15(24)7-5-13/h4-10H,3,11-12H2,1-2H3/b18-10-. The summed E-state index contributed by atoms with van der Waals surface area (Å²) >= 11 is 6.52. The van der Waals surface area contributed by atoms with Gasteiger partial charge in [-0.2, -0.15) is 0 Å². The third-order valence-corrected chi connectivity index (χ3v) is 6.53. The molecule has 0 aliphatic carbocycles. The van der Waals surface area contributed by atoms with Gasteiger partial charge in [-0.25, -0.2) is 4.79 Å². The molecule has 3 rings (SSSR count). The summed E-state index contributed by atoms with van der Waals surface area (Å²) in [5.74, 6) is -0.125. The lowest BCUT2D eigenvalue weighted by molar-refractivity contribution is -0.143. The summed E-state index contributed by atoms with van der Waals surface area (Å²) in [5, 5.41) is -0.318. The van der Waals surface area contributed by atoms with Gasteiger partial charge < -0.3 is 14.2 Å². The molecule has 0 bridgehead atoms. The number of nitrogens with zero attached hydrogens (tertiary/aromatic N) is 1. The Kier molecular flexibility index (Phi) is 8.60. The molecule has 0 radical (unpaired) electrons. The highest BCUT2D eigenvalue weighted by molar-refractivity contribution is 14.1. The highest BCUT2D eigenvalue weighted by Gasteiger charge is 2.35. The average molecular weight is 632 g/mol. The van der Waals surface area contributed by atoms with Crippen LogP contribution in [0.4, 0.5) is 4.79 Å². The maximum atomic E-state index is 12.9. The van der Waals surface area contributed by atoms with Crippen molar-refractivity contribution in [1.82, 2.24) is 4.90 Å². The maximum Gasteiger partial charge on any atom is 0.343 e. The lowest BCUT2D eigenvalue weighted by Gasteiger charge is -2.14. The lowest BCUT2D eigenvalue weighted by Crippen LogP contribution is -2.27. The van der Waals surface area contributed by atoms with Crippen LogP contribution in [0.5, 0.6) is 11.5 Å². The van der Waals surface area contributed by atoms with Gasteiger partial charge in [0.25, 0.3) is 11.1 Å². The highest BCUT2D eigenvalue weighted by atomic mass is 127. The molecular formula is C22H19BrINO6S. The Morgan fingerprint density at radius 1 is 1.19 bits per heavy atom. The van der Waals surface area contributed by atoms with Crippen LogP contribution in [-0.4, -0.2) is 42.3 Å². The lowest BCUT2D eigenvalue weighted by atomic mass is 10.1. The number of carbonyl (C=O) groups is 3. The normalized spacial score (nSPS) is 14.8. The molecule has 2 aromatic carbocycles. The number of methoxy groups -OCH3 is 1. The first-order chi connectivity index (χ1) is 15.3. The molecule has 1 fully saturated rings. The zero-order valence-electron chi connectivity index (χ0n) is 17.2. The first-order valence-electron chi connectivity index (χ1n) is 9.48. The Morgan fingerprint density at radius 3 is 2.56 bits per heavy atom. The maximum absolute atomic E-state index is 12.9. The number of esters is 1. The number of hydrogen-bond acceptors (Lipinski definition) is 7. The Labute approximate surface area is 211 Å². The molecule has 0 saturated carbocycles. The summed E-state index contributed by atoms with van der Waals surface area (Å²) in [7, 11) is 1.28. The molecule has 0 atom stereocenters. The molecule has 1 heterocycles. The number of amides is 2. The van der Waals surface area contributed by atoms with Crippen LogP contribution >= 0.6 is 50.3 Å². The van der Waals surface area contributed by atoms with Crippen molar-refractivity contribution in [3.8, 4) is 11.5 Å². The fourth-order valence-electron chi connectivity index (χ4n) is 2.82. The van der Waals surface area contributed by atoms with Crippen LogP contribution in [0.25, 0.3) is 6.08 Å². The van der Waals surface area contributed by atoms with Crippen molar-refractivity contribution in [3.63, 3.8) is 0 Å². The van der Waals surface area contributed by atoms with Crippen LogP contribution in [0.2, 0.25) is 0 Å². The van der Waals surface area contributed by atoms with Gasteiger partial charge in [-0.15, -0.1) is 0 Å². The summed E-state index contributed by atoms with van der Waals surface area (Å²) in [6.45, 7) is 2.14. The van der Waals surface area contributed by atoms with E-state index in [1.165, 1.54) is 12.0 Å². The molecular weight excluding hydrogens is 613 g/mol. The second-order valence-electron chi connectivity index (χ2n) is 6.52. The molecule has 0 unspecified atom stereocenters. The summed E-state index contributed by atoms with van der Waals surface area (Å²) in [6, 6.07) is 11.1. The molecule has 7 nitrogen and oxygen atoms in total. The Hall–Kier alpha value is -2.05. The average Bonchev–Trinajstić information content (AvgIpc) is 3.02. The zero-order chi connectivity index (χ0) is 23.3. The van der Waals surface area contributed by atoms with Crippen molar-refractivity contribution in [1.29, 1.82) is 0 Å². The SMILES string of the molecule is CCOc1cc(/C=C2\SC(=O)N(Cc3ccc(I)cc3)C2=O)cc(Br)c1OCC(=O)OC. The van der Waals surface area contributed by atoms with E-state index in [-0.39, 0.29) is 24.3 Å². The van der Waals surface area contributed by atoms with Crippen LogP contribution in [0.3, 0.4) is 0 Å². The van der Waals surface area contributed by atoms with E-state index in [4.69, 9.17) is 9.47 Å². The second-order valence-corrected chi connectivity index (χ2v) is 9.62. The van der Waals surface area contributed by atoms with Crippen LogP contribution in [-0.2, 0) is 20.9 Å². The predicted molar refractivity (Wildman–Crippen MR) is 133 cm³/mol. The molecule has 0 N–H and O–H groups in total. The van der Waals surface area contributed by atoms with Crippen molar-refractivity contribution in [2.45, 2.75) is 13.5 Å². The van der Waals surface area contributed by atoms with Gasteiger partial charge in [0.2, 0.25) is 0 Å². The molecule has 2 aromatic rings. The van der Waals surface area contributed by atoms with E-state index >= 15 is 0 Å². The Balaban J connectivity index is 1.83. The summed E-state index contributed by atoms with van der Waals surface area (Å²) in [6.07, 6.45) is 1.64. The van der Waals surface area contributed by atoms with Gasteiger partial charge in [-0.1, -0.05) is 12.1 Å². The Morgan fingerprint density at radius 2 is 1.91 bits per heavy atom. The van der Waals surface area contributed by atoms with Crippen molar-refractivity contribution in [2.75, 3.05) is 20.3 Å². The number of benzene rings is 2. The first kappa shape index (κ1) is 24.6. The van der Waals surface area contributed by atoms with E-state index < -0.39 is 5.97 Å². The molecule has 0 aromatic heterocycles. The number of hydrogen-bond donors (Lipinski definition) is 0. The molecule has 32 heavy (non-hydrogen) atoms. The van der Waals surface area contributed by atoms with Crippen LogP contribution < -0.4 is 9.47 Å². The molecule has 1 aliphatic heterocycles. The minimum Gasteiger partial charge on any atom is -0.490 e. The Bertz CT molecular complexity index is 1070. The molecule has 168 valence electrons. The monoisotopic (exact) mass is 631 g/mol. The highest BCUT2D eigenvalue weighted by Crippen LogP contribution is 2.39. The van der Waals surface area contributed by atoms with Crippen molar-refractivity contribution in [3.05, 3.63) is 60.5 Å². The largest absolute Gasteiger partial charge is 0.490 e. The van der Waals surface area contributed by atoms with Crippen LogP contribution in [0.15, 0.2) is 45.8 Å². The van der Waals surface area contributed by atoms with Crippen molar-refractivity contribution in [2.24, 2.45) is 0 Å². The van der Waals surface area contributed by atoms with Gasteiger partial charge >= 0.3 is 5.97 Å². The predicted octanol–water partition coefficient (Wildman–Crippen LogP) is 5.24. The van der Waals surface area contributed by atoms with Crippen LogP contribution in [0, 0.1) is 3.57 Å². The minimum absolute atomic E-state index is 0.215. The van der Waals surface area contributed by atoms with E-state index in [9.17, 15) is 14.4 Å². The van der Waals surface area contributed by atoms with Crippen molar-refractivity contribution < 1.29 is 28.6 Å². The van der Waals surface area contributed by atoms with Gasteiger partial charge in [0.05, 0.1) is 29.6 Å². The van der Waals surface area contributed by atoms with E-state index in [1.807, 2.05) is 31.2 Å². The second kappa shape index (κ2) is 11.2. The number of carbonyl (C=O) groups excluding carboxylic acids is 3. The number of halogens is 2. The molecule has 1 saturated heterocycles. The molecule has 10 heteroatoms. The topological polar surface area (TPSA) is 82.1 Å². The molecule has 0 spiro atoms. The quantitative estimate of drug-likeness (QED) is 0.224. The van der Waals surface area contributed by atoms with Gasteiger partial charge in [0, 0.05) is 3.57 Å². The number of thioether (sulfide) groups is 1. The van der Waals surface area contributed by atoms with Crippen molar-refractivity contribution >= 4 is 73.5 Å². The number of rotatable bonds is 8. The third kappa shape index (κ3) is 6.04. The van der Waals surface area contributed by atoms with E-state index in [0.717, 1.165) is 20.9 Å². The molecule has 1 aliphatic rings. The van der Waals surface area contributed by atoms with Gasteiger partial charge in [0.15, 0.2) is 18.1 Å². The summed E-state index contributed by atoms with van der Waals surface area (Å²) in [4.78, 5) is 38.3. The zero-order valence-corrected chi connectivity index (χ0v) is 21.8. The molecule has 2 amide bonds. The number of imide groups is 1. The minimum atomic E-state index is -0.523. The van der Waals surface area contributed by atoms with Crippen LogP contribution in [0.1, 0.15) is 18.1 Å². The number of ether oxygens (including phenoxy) is 3. The summed E-state index contributed by atoms with van der Waals surface area (Å²) < 4.78 is 17.4.